The molecule has 0 heterocycles. The van der Waals surface area contributed by atoms with Crippen molar-refractivity contribution in [3.05, 3.63) is 29.3 Å². The van der Waals surface area contributed by atoms with E-state index in [1.54, 1.807) is 0 Å². The van der Waals surface area contributed by atoms with Crippen LogP contribution in [0, 0.1) is 13.8 Å². The fourth-order valence-electron chi connectivity index (χ4n) is 1.77. The van der Waals surface area contributed by atoms with Crippen LogP contribution in [0.2, 0.25) is 0 Å². The SMILES string of the molecule is Cc1ccc(C)c(NC(=O)NC(=O)CCCCC(=O)O)c1. The van der Waals surface area contributed by atoms with Crippen molar-refractivity contribution in [3.8, 4) is 0 Å². The zero-order chi connectivity index (χ0) is 15.8. The minimum absolute atomic E-state index is 0.0297. The molecule has 0 fully saturated rings. The fraction of sp³-hybridized carbons (Fsp3) is 0.400. The summed E-state index contributed by atoms with van der Waals surface area (Å²) in [6.45, 7) is 3.78. The van der Waals surface area contributed by atoms with Crippen LogP contribution in [-0.4, -0.2) is 23.0 Å². The molecular formula is C15H20N2O4. The number of urea groups is 1. The number of nitrogens with one attached hydrogen (secondary N) is 2. The number of amides is 3. The second kappa shape index (κ2) is 8.04. The van der Waals surface area contributed by atoms with E-state index in [0.29, 0.717) is 18.5 Å². The number of carbonyl (C=O) groups is 3. The third-order valence-electron chi connectivity index (χ3n) is 2.94. The summed E-state index contributed by atoms with van der Waals surface area (Å²) in [5.74, 6) is -1.30. The summed E-state index contributed by atoms with van der Waals surface area (Å²) < 4.78 is 0. The summed E-state index contributed by atoms with van der Waals surface area (Å²) in [4.78, 5) is 33.5. The van der Waals surface area contributed by atoms with Crippen LogP contribution in [0.15, 0.2) is 18.2 Å². The highest BCUT2D eigenvalue weighted by molar-refractivity contribution is 6.01. The van der Waals surface area contributed by atoms with Gasteiger partial charge in [-0.2, -0.15) is 0 Å². The topological polar surface area (TPSA) is 95.5 Å². The number of benzene rings is 1. The number of hydrogen-bond donors (Lipinski definition) is 3. The Balaban J connectivity index is 2.37. The Morgan fingerprint density at radius 2 is 1.76 bits per heavy atom. The number of anilines is 1. The zero-order valence-corrected chi connectivity index (χ0v) is 12.2. The van der Waals surface area contributed by atoms with Crippen LogP contribution in [-0.2, 0) is 9.59 Å². The van der Waals surface area contributed by atoms with Crippen LogP contribution >= 0.6 is 0 Å². The third kappa shape index (κ3) is 6.56. The lowest BCUT2D eigenvalue weighted by molar-refractivity contribution is -0.137. The molecule has 114 valence electrons. The molecule has 0 spiro atoms. The van der Waals surface area contributed by atoms with Crippen molar-refractivity contribution in [3.63, 3.8) is 0 Å². The highest BCUT2D eigenvalue weighted by Gasteiger charge is 2.09. The highest BCUT2D eigenvalue weighted by atomic mass is 16.4. The maximum atomic E-state index is 11.7. The van der Waals surface area contributed by atoms with E-state index in [1.165, 1.54) is 0 Å². The lowest BCUT2D eigenvalue weighted by Gasteiger charge is -2.10. The van der Waals surface area contributed by atoms with Gasteiger partial charge in [-0.05, 0) is 43.9 Å². The summed E-state index contributed by atoms with van der Waals surface area (Å²) >= 11 is 0. The number of carboxylic acids is 1. The van der Waals surface area contributed by atoms with E-state index < -0.39 is 17.9 Å². The van der Waals surface area contributed by atoms with E-state index >= 15 is 0 Å². The fourth-order valence-corrected chi connectivity index (χ4v) is 1.77. The van der Waals surface area contributed by atoms with Crippen molar-refractivity contribution in [2.24, 2.45) is 0 Å². The minimum atomic E-state index is -0.886. The van der Waals surface area contributed by atoms with Gasteiger partial charge in [0.1, 0.15) is 0 Å². The van der Waals surface area contributed by atoms with Gasteiger partial charge in [-0.3, -0.25) is 14.9 Å². The molecule has 0 saturated heterocycles. The van der Waals surface area contributed by atoms with Crippen molar-refractivity contribution in [2.45, 2.75) is 39.5 Å². The van der Waals surface area contributed by atoms with Crippen molar-refractivity contribution < 1.29 is 19.5 Å². The molecule has 0 saturated carbocycles. The van der Waals surface area contributed by atoms with Crippen molar-refractivity contribution in [2.75, 3.05) is 5.32 Å². The summed E-state index contributed by atoms with van der Waals surface area (Å²) in [6.07, 6.45) is 1.02. The molecule has 1 aromatic carbocycles. The van der Waals surface area contributed by atoms with Gasteiger partial charge in [0.15, 0.2) is 0 Å². The predicted octanol–water partition coefficient (Wildman–Crippen LogP) is 2.60. The van der Waals surface area contributed by atoms with Crippen LogP contribution < -0.4 is 10.6 Å². The number of rotatable bonds is 6. The molecule has 0 bridgehead atoms. The van der Waals surface area contributed by atoms with E-state index in [-0.39, 0.29) is 12.8 Å². The van der Waals surface area contributed by atoms with E-state index in [4.69, 9.17) is 5.11 Å². The van der Waals surface area contributed by atoms with Gasteiger partial charge in [-0.15, -0.1) is 0 Å². The average molecular weight is 292 g/mol. The minimum Gasteiger partial charge on any atom is -0.481 e. The van der Waals surface area contributed by atoms with Gasteiger partial charge in [-0.25, -0.2) is 4.79 Å². The van der Waals surface area contributed by atoms with Crippen LogP contribution in [0.4, 0.5) is 10.5 Å². The largest absolute Gasteiger partial charge is 0.481 e. The summed E-state index contributed by atoms with van der Waals surface area (Å²) in [6, 6.07) is 5.07. The smallest absolute Gasteiger partial charge is 0.325 e. The van der Waals surface area contributed by atoms with Crippen molar-refractivity contribution in [1.29, 1.82) is 0 Å². The second-order valence-electron chi connectivity index (χ2n) is 4.92. The standard InChI is InChI=1S/C15H20N2O4/c1-10-7-8-11(2)12(9-10)16-15(21)17-13(18)5-3-4-6-14(19)20/h7-9H,3-6H2,1-2H3,(H,19,20)(H2,16,17,18,21). The number of aryl methyl sites for hydroxylation is 2. The van der Waals surface area contributed by atoms with Crippen LogP contribution in [0.3, 0.4) is 0 Å². The lowest BCUT2D eigenvalue weighted by Crippen LogP contribution is -2.34. The van der Waals surface area contributed by atoms with Gasteiger partial charge in [0.05, 0.1) is 0 Å². The normalized spacial score (nSPS) is 10.0. The molecule has 6 heteroatoms. The first-order valence-electron chi connectivity index (χ1n) is 6.78. The third-order valence-corrected chi connectivity index (χ3v) is 2.94. The van der Waals surface area contributed by atoms with E-state index in [9.17, 15) is 14.4 Å². The molecule has 3 N–H and O–H groups in total. The molecule has 6 nitrogen and oxygen atoms in total. The van der Waals surface area contributed by atoms with Crippen LogP contribution in [0.25, 0.3) is 0 Å². The van der Waals surface area contributed by atoms with Gasteiger partial charge in [0.2, 0.25) is 5.91 Å². The van der Waals surface area contributed by atoms with Gasteiger partial charge in [0, 0.05) is 18.5 Å². The van der Waals surface area contributed by atoms with E-state index in [0.717, 1.165) is 11.1 Å². The molecule has 1 rings (SSSR count). The Hall–Kier alpha value is -2.37. The van der Waals surface area contributed by atoms with Crippen LogP contribution in [0.1, 0.15) is 36.8 Å². The number of hydrogen-bond acceptors (Lipinski definition) is 3. The summed E-state index contributed by atoms with van der Waals surface area (Å²) in [7, 11) is 0. The van der Waals surface area contributed by atoms with Gasteiger partial charge in [-0.1, -0.05) is 12.1 Å². The maximum absolute atomic E-state index is 11.7. The van der Waals surface area contributed by atoms with Crippen molar-refractivity contribution >= 4 is 23.6 Å². The molecule has 1 aromatic rings. The number of carbonyl (C=O) groups excluding carboxylic acids is 2. The monoisotopic (exact) mass is 292 g/mol. The molecule has 0 aliphatic rings. The predicted molar refractivity (Wildman–Crippen MR) is 79.2 cm³/mol. The maximum Gasteiger partial charge on any atom is 0.325 e. The van der Waals surface area contributed by atoms with Crippen LogP contribution in [0.5, 0.6) is 0 Å². The quantitative estimate of drug-likeness (QED) is 0.702. The number of unbranched alkanes of at least 4 members (excludes halogenated alkanes) is 1. The zero-order valence-electron chi connectivity index (χ0n) is 12.2. The summed E-state index contributed by atoms with van der Waals surface area (Å²) in [5, 5.41) is 13.3. The first kappa shape index (κ1) is 16.7. The molecule has 0 unspecified atom stereocenters. The Morgan fingerprint density at radius 1 is 1.10 bits per heavy atom. The first-order valence-corrected chi connectivity index (χ1v) is 6.78. The molecule has 3 amide bonds. The Morgan fingerprint density at radius 3 is 2.43 bits per heavy atom. The highest BCUT2D eigenvalue weighted by Crippen LogP contribution is 2.16. The Kier molecular flexibility index (Phi) is 6.39. The summed E-state index contributed by atoms with van der Waals surface area (Å²) in [5.41, 5.74) is 2.58. The Labute approximate surface area is 123 Å². The first-order chi connectivity index (χ1) is 9.88. The van der Waals surface area contributed by atoms with E-state index in [1.807, 2.05) is 32.0 Å². The number of imide groups is 1. The molecule has 0 atom stereocenters. The Bertz CT molecular complexity index is 540. The van der Waals surface area contributed by atoms with Crippen molar-refractivity contribution in [1.82, 2.24) is 5.32 Å². The molecular weight excluding hydrogens is 272 g/mol. The number of carboxylic acid groups (broad SMARTS) is 1. The molecule has 0 aliphatic carbocycles. The molecule has 21 heavy (non-hydrogen) atoms. The van der Waals surface area contributed by atoms with Gasteiger partial charge >= 0.3 is 12.0 Å². The van der Waals surface area contributed by atoms with E-state index in [2.05, 4.69) is 10.6 Å². The second-order valence-corrected chi connectivity index (χ2v) is 4.92. The lowest BCUT2D eigenvalue weighted by atomic mass is 10.1. The molecule has 0 aromatic heterocycles. The van der Waals surface area contributed by atoms with Gasteiger partial charge in [0.25, 0.3) is 0 Å². The molecule has 0 aliphatic heterocycles. The average Bonchev–Trinajstić information content (AvgIpc) is 2.38. The number of aliphatic carboxylic acids is 1. The molecule has 0 radical (unpaired) electrons. The van der Waals surface area contributed by atoms with Gasteiger partial charge < -0.3 is 10.4 Å².